The Labute approximate surface area is 354 Å². The van der Waals surface area contributed by atoms with E-state index in [4.69, 9.17) is 0 Å². The third-order valence-electron chi connectivity index (χ3n) is 11.6. The minimum atomic E-state index is 1.09. The molecule has 11 aromatic rings. The van der Waals surface area contributed by atoms with Gasteiger partial charge in [-0.05, 0) is 139 Å². The number of fused-ring (bicyclic) bond motifs is 4. The molecule has 0 unspecified atom stereocenters. The Morgan fingerprint density at radius 2 is 0.683 bits per heavy atom. The number of anilines is 3. The lowest BCUT2D eigenvalue weighted by molar-refractivity contribution is 1.28. The van der Waals surface area contributed by atoms with Crippen molar-refractivity contribution in [1.82, 2.24) is 0 Å². The molecule has 0 spiro atoms. The van der Waals surface area contributed by atoms with Crippen molar-refractivity contribution in [2.24, 2.45) is 0 Å². The molecule has 1 nitrogen and oxygen atoms in total. The second-order valence-electron chi connectivity index (χ2n) is 15.4. The monoisotopic (exact) mass is 781 g/mol. The summed E-state index contributed by atoms with van der Waals surface area (Å²) in [5.74, 6) is 0. The first-order valence-corrected chi connectivity index (χ1v) is 21.3. The summed E-state index contributed by atoms with van der Waals surface area (Å²) in [4.78, 5) is 2.40. The van der Waals surface area contributed by atoms with Gasteiger partial charge in [-0.1, -0.05) is 164 Å². The second-order valence-corrected chi connectivity index (χ2v) is 16.5. The number of thiophene rings is 1. The Bertz CT molecular complexity index is 3230. The van der Waals surface area contributed by atoms with Crippen LogP contribution >= 0.6 is 11.3 Å². The molecule has 1 heterocycles. The van der Waals surface area contributed by atoms with Crippen LogP contribution in [0.4, 0.5) is 17.1 Å². The third-order valence-corrected chi connectivity index (χ3v) is 12.8. The molecule has 1 aromatic heterocycles. The Hall–Kier alpha value is -7.52. The first-order chi connectivity index (χ1) is 29.7. The van der Waals surface area contributed by atoms with Crippen molar-refractivity contribution in [1.29, 1.82) is 0 Å². The van der Waals surface area contributed by atoms with Crippen LogP contribution in [0.15, 0.2) is 237 Å². The Balaban J connectivity index is 1.01. The van der Waals surface area contributed by atoms with Crippen LogP contribution in [0.5, 0.6) is 0 Å². The van der Waals surface area contributed by atoms with Crippen LogP contribution in [0.3, 0.4) is 0 Å². The molecular formula is C58H39NS. The Kier molecular flexibility index (Phi) is 9.11. The second kappa shape index (κ2) is 15.3. The standard InChI is InChI=1S/C58H39NS/c1-3-12-40(13-4-1)50-36-51(41-14-5-2-6-15-41)38-54(37-50)59(53-31-26-44(27-32-53)49-28-33-58-56(39-49)55-20-9-10-21-57(55)60-58)52-29-24-43(25-30-52)46-18-11-19-47(34-46)48-23-22-42-16-7-8-17-45(42)35-48/h1-39H. The van der Waals surface area contributed by atoms with Crippen LogP contribution in [0.1, 0.15) is 0 Å². The van der Waals surface area contributed by atoms with E-state index in [2.05, 4.69) is 241 Å². The zero-order valence-electron chi connectivity index (χ0n) is 32.9. The largest absolute Gasteiger partial charge is 0.310 e. The highest BCUT2D eigenvalue weighted by Crippen LogP contribution is 2.42. The van der Waals surface area contributed by atoms with Gasteiger partial charge in [0.2, 0.25) is 0 Å². The summed E-state index contributed by atoms with van der Waals surface area (Å²) in [6.45, 7) is 0. The van der Waals surface area contributed by atoms with Gasteiger partial charge in [0.1, 0.15) is 0 Å². The minimum absolute atomic E-state index is 1.09. The molecule has 0 aliphatic heterocycles. The zero-order valence-corrected chi connectivity index (χ0v) is 33.7. The van der Waals surface area contributed by atoms with Crippen LogP contribution in [0.25, 0.3) is 86.6 Å². The number of nitrogens with zero attached hydrogens (tertiary/aromatic N) is 1. The Morgan fingerprint density at radius 1 is 0.233 bits per heavy atom. The summed E-state index contributed by atoms with van der Waals surface area (Å²) in [6, 6.07) is 86.3. The van der Waals surface area contributed by atoms with Gasteiger partial charge in [0.25, 0.3) is 0 Å². The van der Waals surface area contributed by atoms with Crippen molar-refractivity contribution in [3.05, 3.63) is 237 Å². The first-order valence-electron chi connectivity index (χ1n) is 20.5. The lowest BCUT2D eigenvalue weighted by atomic mass is 9.96. The average Bonchev–Trinajstić information content (AvgIpc) is 3.70. The predicted octanol–water partition coefficient (Wildman–Crippen LogP) is 17.0. The summed E-state index contributed by atoms with van der Waals surface area (Å²) in [5, 5.41) is 5.14. The van der Waals surface area contributed by atoms with Crippen LogP contribution in [-0.4, -0.2) is 0 Å². The number of hydrogen-bond donors (Lipinski definition) is 0. The molecular weight excluding hydrogens is 743 g/mol. The van der Waals surface area contributed by atoms with Gasteiger partial charge in [-0.3, -0.25) is 0 Å². The molecule has 0 aliphatic carbocycles. The summed E-state index contributed by atoms with van der Waals surface area (Å²) in [5.41, 5.74) is 15.2. The molecule has 0 atom stereocenters. The summed E-state index contributed by atoms with van der Waals surface area (Å²) >= 11 is 1.86. The van der Waals surface area contributed by atoms with Crippen molar-refractivity contribution in [3.63, 3.8) is 0 Å². The van der Waals surface area contributed by atoms with Gasteiger partial charge in [-0.15, -0.1) is 11.3 Å². The summed E-state index contributed by atoms with van der Waals surface area (Å²) in [6.07, 6.45) is 0. The van der Waals surface area contributed by atoms with Gasteiger partial charge in [-0.25, -0.2) is 0 Å². The fourth-order valence-electron chi connectivity index (χ4n) is 8.54. The van der Waals surface area contributed by atoms with Gasteiger partial charge in [-0.2, -0.15) is 0 Å². The van der Waals surface area contributed by atoms with Gasteiger partial charge in [0, 0.05) is 37.2 Å². The fourth-order valence-corrected chi connectivity index (χ4v) is 9.63. The zero-order chi connectivity index (χ0) is 39.8. The van der Waals surface area contributed by atoms with Crippen molar-refractivity contribution < 1.29 is 0 Å². The molecule has 0 fully saturated rings. The van der Waals surface area contributed by atoms with Crippen LogP contribution in [-0.2, 0) is 0 Å². The van der Waals surface area contributed by atoms with E-state index in [1.807, 2.05) is 11.3 Å². The molecule has 2 heteroatoms. The number of benzene rings is 10. The highest BCUT2D eigenvalue weighted by atomic mass is 32.1. The quantitative estimate of drug-likeness (QED) is 0.148. The normalized spacial score (nSPS) is 11.3. The van der Waals surface area contributed by atoms with E-state index in [9.17, 15) is 0 Å². The number of hydrogen-bond acceptors (Lipinski definition) is 2. The van der Waals surface area contributed by atoms with Crippen LogP contribution < -0.4 is 4.90 Å². The van der Waals surface area contributed by atoms with Crippen molar-refractivity contribution in [3.8, 4) is 55.6 Å². The maximum Gasteiger partial charge on any atom is 0.0473 e. The van der Waals surface area contributed by atoms with E-state index in [0.29, 0.717) is 0 Å². The lowest BCUT2D eigenvalue weighted by Gasteiger charge is -2.27. The topological polar surface area (TPSA) is 3.24 Å². The molecule has 11 rings (SSSR count). The highest BCUT2D eigenvalue weighted by Gasteiger charge is 2.17. The molecule has 0 radical (unpaired) electrons. The maximum absolute atomic E-state index is 2.40. The van der Waals surface area contributed by atoms with Crippen molar-refractivity contribution in [2.45, 2.75) is 0 Å². The van der Waals surface area contributed by atoms with Crippen molar-refractivity contribution >= 4 is 59.3 Å². The predicted molar refractivity (Wildman–Crippen MR) is 259 cm³/mol. The summed E-state index contributed by atoms with van der Waals surface area (Å²) < 4.78 is 2.64. The third kappa shape index (κ3) is 6.83. The van der Waals surface area contributed by atoms with E-state index in [1.54, 1.807) is 0 Å². The fraction of sp³-hybridized carbons (Fsp3) is 0. The molecule has 0 N–H and O–H groups in total. The Morgan fingerprint density at radius 3 is 1.35 bits per heavy atom. The van der Waals surface area contributed by atoms with Crippen LogP contribution in [0, 0.1) is 0 Å². The van der Waals surface area contributed by atoms with Gasteiger partial charge < -0.3 is 4.90 Å². The van der Waals surface area contributed by atoms with E-state index >= 15 is 0 Å². The molecule has 282 valence electrons. The van der Waals surface area contributed by atoms with E-state index in [1.165, 1.54) is 86.6 Å². The molecule has 0 saturated carbocycles. The van der Waals surface area contributed by atoms with E-state index < -0.39 is 0 Å². The van der Waals surface area contributed by atoms with Gasteiger partial charge in [0.15, 0.2) is 0 Å². The molecule has 0 aliphatic rings. The lowest BCUT2D eigenvalue weighted by Crippen LogP contribution is -2.10. The SMILES string of the molecule is c1ccc(-c2cc(-c3ccccc3)cc(N(c3ccc(-c4cccc(-c5ccc6ccccc6c5)c4)cc3)c3ccc(-c4ccc5sc6ccccc6c5c4)cc3)c2)cc1. The van der Waals surface area contributed by atoms with Gasteiger partial charge >= 0.3 is 0 Å². The molecule has 60 heavy (non-hydrogen) atoms. The molecule has 10 aromatic carbocycles. The highest BCUT2D eigenvalue weighted by molar-refractivity contribution is 7.25. The molecule has 0 saturated heterocycles. The summed E-state index contributed by atoms with van der Waals surface area (Å²) in [7, 11) is 0. The van der Waals surface area contributed by atoms with Crippen LogP contribution in [0.2, 0.25) is 0 Å². The maximum atomic E-state index is 2.40. The smallest absolute Gasteiger partial charge is 0.0473 e. The van der Waals surface area contributed by atoms with Crippen molar-refractivity contribution in [2.75, 3.05) is 4.90 Å². The number of rotatable bonds is 8. The molecule has 0 amide bonds. The van der Waals surface area contributed by atoms with E-state index in [-0.39, 0.29) is 0 Å². The van der Waals surface area contributed by atoms with E-state index in [0.717, 1.165) is 17.1 Å². The first kappa shape index (κ1) is 35.6. The minimum Gasteiger partial charge on any atom is -0.310 e. The average molecular weight is 782 g/mol. The van der Waals surface area contributed by atoms with Gasteiger partial charge in [0.05, 0.1) is 0 Å². The molecule has 0 bridgehead atoms.